The van der Waals surface area contributed by atoms with Crippen LogP contribution >= 0.6 is 11.6 Å². The van der Waals surface area contributed by atoms with Gasteiger partial charge in [-0.2, -0.15) is 0 Å². The second-order valence-corrected chi connectivity index (χ2v) is 9.00. The highest BCUT2D eigenvalue weighted by Crippen LogP contribution is 2.30. The Morgan fingerprint density at radius 1 is 0.939 bits per heavy atom. The highest BCUT2D eigenvalue weighted by atomic mass is 35.5. The minimum absolute atomic E-state index is 0.0217. The number of nitrogens with one attached hydrogen (secondary N) is 3. The first-order chi connectivity index (χ1) is 15.8. The maximum Gasteiger partial charge on any atom is 0.263 e. The number of carbonyl (C=O) groups excluding carboxylic acids is 2. The summed E-state index contributed by atoms with van der Waals surface area (Å²) in [6, 6.07) is 19.7. The predicted molar refractivity (Wildman–Crippen MR) is 127 cm³/mol. The van der Waals surface area contributed by atoms with Crippen LogP contribution in [0.2, 0.25) is 5.02 Å². The second kappa shape index (κ2) is 10.8. The molecule has 0 heterocycles. The van der Waals surface area contributed by atoms with Gasteiger partial charge in [-0.25, -0.2) is 8.42 Å². The van der Waals surface area contributed by atoms with E-state index < -0.39 is 15.9 Å². The monoisotopic (exact) mass is 487 g/mol. The van der Waals surface area contributed by atoms with Gasteiger partial charge in [0.15, 0.2) is 0 Å². The van der Waals surface area contributed by atoms with Crippen molar-refractivity contribution in [2.24, 2.45) is 0 Å². The number of hydrogen-bond donors (Lipinski definition) is 3. The van der Waals surface area contributed by atoms with Crippen molar-refractivity contribution in [1.82, 2.24) is 5.32 Å². The van der Waals surface area contributed by atoms with Crippen LogP contribution in [0.5, 0.6) is 5.75 Å². The average Bonchev–Trinajstić information content (AvgIpc) is 2.79. The Bertz CT molecular complexity index is 1250. The van der Waals surface area contributed by atoms with Gasteiger partial charge in [0.2, 0.25) is 11.8 Å². The molecule has 3 N–H and O–H groups in total. The number of methoxy groups -OCH3 is 1. The van der Waals surface area contributed by atoms with Gasteiger partial charge in [0.1, 0.15) is 10.6 Å². The fourth-order valence-corrected chi connectivity index (χ4v) is 4.54. The van der Waals surface area contributed by atoms with Gasteiger partial charge in [0.05, 0.1) is 30.8 Å². The zero-order valence-corrected chi connectivity index (χ0v) is 19.2. The quantitative estimate of drug-likeness (QED) is 0.428. The van der Waals surface area contributed by atoms with Crippen LogP contribution in [-0.4, -0.2) is 33.9 Å². The molecule has 10 heteroatoms. The van der Waals surface area contributed by atoms with Crippen LogP contribution in [0.4, 0.5) is 11.4 Å². The number of benzene rings is 3. The minimum atomic E-state index is -4.08. The number of carbonyl (C=O) groups is 2. The molecule has 0 atom stereocenters. The standard InChI is InChI=1S/C23H22ClN3O5S/c1-32-20-10-6-5-9-19(20)27-33(30,31)21-14-17(11-12-18(21)24)26-23(29)15-25-22(28)13-16-7-3-2-4-8-16/h2-12,14,27H,13,15H2,1H3,(H,25,28)(H,26,29). The lowest BCUT2D eigenvalue weighted by molar-refractivity contribution is -0.123. The molecule has 0 bridgehead atoms. The molecule has 0 unspecified atom stereocenters. The molecule has 0 aliphatic carbocycles. The lowest BCUT2D eigenvalue weighted by atomic mass is 10.1. The highest BCUT2D eigenvalue weighted by molar-refractivity contribution is 7.92. The largest absolute Gasteiger partial charge is 0.495 e. The van der Waals surface area contributed by atoms with Crippen molar-refractivity contribution in [3.63, 3.8) is 0 Å². The smallest absolute Gasteiger partial charge is 0.263 e. The third-order valence-electron chi connectivity index (χ3n) is 4.51. The summed E-state index contributed by atoms with van der Waals surface area (Å²) in [6.45, 7) is -0.268. The Labute approximate surface area is 197 Å². The van der Waals surface area contributed by atoms with E-state index in [1.807, 2.05) is 30.3 Å². The Morgan fingerprint density at radius 3 is 2.36 bits per heavy atom. The predicted octanol–water partition coefficient (Wildman–Crippen LogP) is 3.45. The van der Waals surface area contributed by atoms with Crippen molar-refractivity contribution in [2.45, 2.75) is 11.3 Å². The van der Waals surface area contributed by atoms with Gasteiger partial charge in [0.25, 0.3) is 10.0 Å². The van der Waals surface area contributed by atoms with E-state index in [2.05, 4.69) is 15.4 Å². The lowest BCUT2D eigenvalue weighted by Crippen LogP contribution is -2.33. The third kappa shape index (κ3) is 6.71. The Hall–Kier alpha value is -3.56. The summed E-state index contributed by atoms with van der Waals surface area (Å²) in [5.41, 5.74) is 1.28. The zero-order chi connectivity index (χ0) is 23.8. The van der Waals surface area contributed by atoms with E-state index in [1.54, 1.807) is 24.3 Å². The number of halogens is 1. The van der Waals surface area contributed by atoms with Crippen molar-refractivity contribution in [3.05, 3.63) is 83.4 Å². The van der Waals surface area contributed by atoms with E-state index in [0.717, 1.165) is 5.56 Å². The Kier molecular flexibility index (Phi) is 7.92. The first-order valence-electron chi connectivity index (χ1n) is 9.84. The molecule has 0 saturated carbocycles. The van der Waals surface area contributed by atoms with Crippen LogP contribution in [-0.2, 0) is 26.0 Å². The molecular formula is C23H22ClN3O5S. The highest BCUT2D eigenvalue weighted by Gasteiger charge is 2.21. The van der Waals surface area contributed by atoms with Gasteiger partial charge in [-0.15, -0.1) is 0 Å². The summed E-state index contributed by atoms with van der Waals surface area (Å²) >= 11 is 6.12. The normalized spacial score (nSPS) is 10.8. The molecule has 2 amide bonds. The van der Waals surface area contributed by atoms with Gasteiger partial charge in [-0.1, -0.05) is 54.1 Å². The van der Waals surface area contributed by atoms with Crippen LogP contribution in [0.1, 0.15) is 5.56 Å². The first-order valence-corrected chi connectivity index (χ1v) is 11.7. The molecule has 0 fully saturated rings. The maximum absolute atomic E-state index is 12.9. The Balaban J connectivity index is 1.65. The molecule has 0 aromatic heterocycles. The number of ether oxygens (including phenoxy) is 1. The summed E-state index contributed by atoms with van der Waals surface area (Å²) in [5.74, 6) is -0.482. The van der Waals surface area contributed by atoms with Gasteiger partial charge in [-0.05, 0) is 35.9 Å². The van der Waals surface area contributed by atoms with Gasteiger partial charge in [0, 0.05) is 5.69 Å². The fraction of sp³-hybridized carbons (Fsp3) is 0.130. The van der Waals surface area contributed by atoms with Crippen LogP contribution in [0.15, 0.2) is 77.7 Å². The molecule has 0 radical (unpaired) electrons. The molecule has 172 valence electrons. The molecule has 0 spiro atoms. The van der Waals surface area contributed by atoms with Crippen molar-refractivity contribution in [1.29, 1.82) is 0 Å². The Morgan fingerprint density at radius 2 is 1.64 bits per heavy atom. The number of para-hydroxylation sites is 2. The molecule has 0 saturated heterocycles. The van der Waals surface area contributed by atoms with Gasteiger partial charge in [-0.3, -0.25) is 14.3 Å². The molecular weight excluding hydrogens is 466 g/mol. The van der Waals surface area contributed by atoms with Crippen molar-refractivity contribution in [3.8, 4) is 5.75 Å². The lowest BCUT2D eigenvalue weighted by Gasteiger charge is -2.14. The zero-order valence-electron chi connectivity index (χ0n) is 17.7. The maximum atomic E-state index is 12.9. The summed E-state index contributed by atoms with van der Waals surface area (Å²) in [4.78, 5) is 24.0. The van der Waals surface area contributed by atoms with E-state index in [4.69, 9.17) is 16.3 Å². The van der Waals surface area contributed by atoms with E-state index >= 15 is 0 Å². The first kappa shape index (κ1) is 24.1. The van der Waals surface area contributed by atoms with Gasteiger partial charge < -0.3 is 15.4 Å². The van der Waals surface area contributed by atoms with E-state index in [9.17, 15) is 18.0 Å². The van der Waals surface area contributed by atoms with Crippen molar-refractivity contribution >= 4 is 44.8 Å². The van der Waals surface area contributed by atoms with E-state index in [1.165, 1.54) is 25.3 Å². The summed E-state index contributed by atoms with van der Waals surface area (Å²) < 4.78 is 33.4. The van der Waals surface area contributed by atoms with Crippen LogP contribution in [0.25, 0.3) is 0 Å². The van der Waals surface area contributed by atoms with Gasteiger partial charge >= 0.3 is 0 Å². The molecule has 3 aromatic rings. The number of rotatable bonds is 9. The summed E-state index contributed by atoms with van der Waals surface area (Å²) in [6.07, 6.45) is 0.145. The molecule has 0 aliphatic heterocycles. The molecule has 8 nitrogen and oxygen atoms in total. The van der Waals surface area contributed by atoms with Crippen LogP contribution in [0, 0.1) is 0 Å². The van der Waals surface area contributed by atoms with E-state index in [0.29, 0.717) is 5.75 Å². The molecule has 33 heavy (non-hydrogen) atoms. The summed E-state index contributed by atoms with van der Waals surface area (Å²) in [7, 11) is -2.65. The number of hydrogen-bond acceptors (Lipinski definition) is 5. The van der Waals surface area contributed by atoms with E-state index in [-0.39, 0.29) is 40.2 Å². The summed E-state index contributed by atoms with van der Waals surface area (Å²) in [5, 5.41) is 5.07. The molecule has 3 aromatic carbocycles. The SMILES string of the molecule is COc1ccccc1NS(=O)(=O)c1cc(NC(=O)CNC(=O)Cc2ccccc2)ccc1Cl. The minimum Gasteiger partial charge on any atom is -0.495 e. The van der Waals surface area contributed by atoms with Crippen molar-refractivity contribution in [2.75, 3.05) is 23.7 Å². The van der Waals surface area contributed by atoms with Crippen LogP contribution in [0.3, 0.4) is 0 Å². The van der Waals surface area contributed by atoms with Crippen LogP contribution < -0.4 is 20.1 Å². The fourth-order valence-electron chi connectivity index (χ4n) is 2.94. The number of sulfonamides is 1. The average molecular weight is 488 g/mol. The molecule has 0 aliphatic rings. The number of amides is 2. The topological polar surface area (TPSA) is 114 Å². The van der Waals surface area contributed by atoms with Crippen molar-refractivity contribution < 1.29 is 22.7 Å². The molecule has 3 rings (SSSR count). The second-order valence-electron chi connectivity index (χ2n) is 6.94. The third-order valence-corrected chi connectivity index (χ3v) is 6.36. The number of anilines is 2.